The van der Waals surface area contributed by atoms with Gasteiger partial charge in [0.1, 0.15) is 6.04 Å². The molecule has 1 N–H and O–H groups in total. The second-order valence-electron chi connectivity index (χ2n) is 8.62. The van der Waals surface area contributed by atoms with E-state index in [1.807, 2.05) is 98.8 Å². The second-order valence-corrected chi connectivity index (χ2v) is 9.03. The molecule has 3 aromatic rings. The first kappa shape index (κ1) is 25.5. The van der Waals surface area contributed by atoms with Gasteiger partial charge in [-0.3, -0.25) is 9.59 Å². The van der Waals surface area contributed by atoms with Gasteiger partial charge in [-0.1, -0.05) is 97.4 Å². The third-order valence-electron chi connectivity index (χ3n) is 6.03. The fourth-order valence-corrected chi connectivity index (χ4v) is 4.09. The van der Waals surface area contributed by atoms with Crippen LogP contribution in [0, 0.1) is 0 Å². The van der Waals surface area contributed by atoms with Crippen LogP contribution in [0.5, 0.6) is 0 Å². The van der Waals surface area contributed by atoms with E-state index in [-0.39, 0.29) is 24.3 Å². The number of aryl methyl sites for hydroxylation is 1. The van der Waals surface area contributed by atoms with Crippen molar-refractivity contribution in [2.75, 3.05) is 0 Å². The molecule has 0 radical (unpaired) electrons. The summed E-state index contributed by atoms with van der Waals surface area (Å²) in [6.07, 6.45) is 2.07. The predicted molar refractivity (Wildman–Crippen MR) is 139 cm³/mol. The van der Waals surface area contributed by atoms with Gasteiger partial charge in [-0.05, 0) is 42.5 Å². The summed E-state index contributed by atoms with van der Waals surface area (Å²) in [5, 5.41) is 3.75. The van der Waals surface area contributed by atoms with E-state index < -0.39 is 6.04 Å². The average Bonchev–Trinajstić information content (AvgIpc) is 2.86. The van der Waals surface area contributed by atoms with Crippen molar-refractivity contribution in [2.45, 2.75) is 58.2 Å². The standard InChI is InChI=1S/C29H33ClN2O2/c1-3-22(2)31-29(34)27(20-23-12-6-4-7-13-23)32(21-24-14-8-5-9-15-24)28(33)19-18-25-16-10-11-17-26(25)30/h4-17,22,27H,3,18-21H2,1-2H3,(H,31,34)/t22-,27+/m0/s1. The Kier molecular flexibility index (Phi) is 9.72. The SMILES string of the molecule is CC[C@H](C)NC(=O)[C@@H](Cc1ccccc1)N(Cc1ccccc1)C(=O)CCc1ccccc1Cl. The number of carbonyl (C=O) groups is 2. The molecule has 0 aliphatic heterocycles. The Morgan fingerprint density at radius 1 is 0.882 bits per heavy atom. The van der Waals surface area contributed by atoms with Gasteiger partial charge in [-0.2, -0.15) is 0 Å². The van der Waals surface area contributed by atoms with Crippen molar-refractivity contribution in [1.29, 1.82) is 0 Å². The Hall–Kier alpha value is -3.11. The van der Waals surface area contributed by atoms with Gasteiger partial charge in [0.2, 0.25) is 11.8 Å². The largest absolute Gasteiger partial charge is 0.352 e. The molecular weight excluding hydrogens is 444 g/mol. The number of hydrogen-bond acceptors (Lipinski definition) is 2. The maximum Gasteiger partial charge on any atom is 0.243 e. The molecule has 5 heteroatoms. The van der Waals surface area contributed by atoms with Gasteiger partial charge >= 0.3 is 0 Å². The van der Waals surface area contributed by atoms with Crippen LogP contribution >= 0.6 is 11.6 Å². The van der Waals surface area contributed by atoms with Gasteiger partial charge in [0.05, 0.1) is 0 Å². The van der Waals surface area contributed by atoms with Crippen LogP contribution in [0.3, 0.4) is 0 Å². The molecule has 3 aromatic carbocycles. The van der Waals surface area contributed by atoms with Crippen LogP contribution in [0.4, 0.5) is 0 Å². The maximum atomic E-state index is 13.6. The molecule has 0 saturated carbocycles. The lowest BCUT2D eigenvalue weighted by Crippen LogP contribution is -2.52. The Morgan fingerprint density at radius 2 is 1.47 bits per heavy atom. The summed E-state index contributed by atoms with van der Waals surface area (Å²) in [6.45, 7) is 4.39. The van der Waals surface area contributed by atoms with E-state index in [1.165, 1.54) is 0 Å². The third-order valence-corrected chi connectivity index (χ3v) is 6.40. The van der Waals surface area contributed by atoms with Crippen molar-refractivity contribution in [2.24, 2.45) is 0 Å². The van der Waals surface area contributed by atoms with Crippen molar-refractivity contribution in [3.63, 3.8) is 0 Å². The first-order valence-electron chi connectivity index (χ1n) is 11.9. The lowest BCUT2D eigenvalue weighted by molar-refractivity contribution is -0.141. The highest BCUT2D eigenvalue weighted by molar-refractivity contribution is 6.31. The molecule has 178 valence electrons. The molecule has 0 aliphatic rings. The smallest absolute Gasteiger partial charge is 0.243 e. The van der Waals surface area contributed by atoms with Gasteiger partial charge in [0, 0.05) is 30.5 Å². The minimum atomic E-state index is -0.615. The molecule has 3 rings (SSSR count). The first-order valence-corrected chi connectivity index (χ1v) is 12.3. The summed E-state index contributed by atoms with van der Waals surface area (Å²) in [5.74, 6) is -0.191. The van der Waals surface area contributed by atoms with E-state index in [2.05, 4.69) is 5.32 Å². The molecule has 0 saturated heterocycles. The van der Waals surface area contributed by atoms with Crippen molar-refractivity contribution in [3.05, 3.63) is 107 Å². The van der Waals surface area contributed by atoms with Crippen molar-refractivity contribution in [1.82, 2.24) is 10.2 Å². The van der Waals surface area contributed by atoms with Gasteiger partial charge in [0.15, 0.2) is 0 Å². The summed E-state index contributed by atoms with van der Waals surface area (Å²) < 4.78 is 0. The topological polar surface area (TPSA) is 49.4 Å². The monoisotopic (exact) mass is 476 g/mol. The number of amides is 2. The van der Waals surface area contributed by atoms with Gasteiger partial charge < -0.3 is 10.2 Å². The van der Waals surface area contributed by atoms with E-state index in [0.717, 1.165) is 23.1 Å². The van der Waals surface area contributed by atoms with E-state index in [0.29, 0.717) is 24.4 Å². The Balaban J connectivity index is 1.90. The minimum absolute atomic E-state index is 0.0302. The summed E-state index contributed by atoms with van der Waals surface area (Å²) >= 11 is 6.32. The molecule has 0 bridgehead atoms. The van der Waals surface area contributed by atoms with Crippen LogP contribution in [0.25, 0.3) is 0 Å². The Bertz CT molecular complexity index is 1060. The molecule has 0 spiro atoms. The molecule has 0 aromatic heterocycles. The zero-order chi connectivity index (χ0) is 24.3. The molecular formula is C29H33ClN2O2. The summed E-state index contributed by atoms with van der Waals surface area (Å²) in [7, 11) is 0. The van der Waals surface area contributed by atoms with Crippen molar-refractivity contribution >= 4 is 23.4 Å². The molecule has 2 atom stereocenters. The van der Waals surface area contributed by atoms with Crippen LogP contribution in [-0.4, -0.2) is 28.8 Å². The number of hydrogen-bond donors (Lipinski definition) is 1. The summed E-state index contributed by atoms with van der Waals surface area (Å²) in [4.78, 5) is 28.8. The highest BCUT2D eigenvalue weighted by Crippen LogP contribution is 2.20. The minimum Gasteiger partial charge on any atom is -0.352 e. The number of halogens is 1. The van der Waals surface area contributed by atoms with Crippen LogP contribution in [0.15, 0.2) is 84.9 Å². The number of carbonyl (C=O) groups excluding carboxylic acids is 2. The fourth-order valence-electron chi connectivity index (χ4n) is 3.86. The molecule has 4 nitrogen and oxygen atoms in total. The highest BCUT2D eigenvalue weighted by atomic mass is 35.5. The maximum absolute atomic E-state index is 13.6. The normalized spacial score (nSPS) is 12.6. The van der Waals surface area contributed by atoms with E-state index >= 15 is 0 Å². The average molecular weight is 477 g/mol. The highest BCUT2D eigenvalue weighted by Gasteiger charge is 2.30. The molecule has 0 aliphatic carbocycles. The van der Waals surface area contributed by atoms with E-state index in [1.54, 1.807) is 4.90 Å². The second kappa shape index (κ2) is 13.0. The number of benzene rings is 3. The van der Waals surface area contributed by atoms with Crippen molar-refractivity contribution < 1.29 is 9.59 Å². The zero-order valence-corrected chi connectivity index (χ0v) is 20.7. The number of rotatable bonds is 11. The Labute approximate surface area is 207 Å². The van der Waals surface area contributed by atoms with Crippen LogP contribution in [0.2, 0.25) is 5.02 Å². The molecule has 34 heavy (non-hydrogen) atoms. The first-order chi connectivity index (χ1) is 16.5. The predicted octanol–water partition coefficient (Wildman–Crippen LogP) is 5.83. The van der Waals surface area contributed by atoms with Crippen LogP contribution in [-0.2, 0) is 29.0 Å². The van der Waals surface area contributed by atoms with Crippen LogP contribution < -0.4 is 5.32 Å². The lowest BCUT2D eigenvalue weighted by Gasteiger charge is -2.32. The van der Waals surface area contributed by atoms with Gasteiger partial charge in [0.25, 0.3) is 0 Å². The molecule has 0 heterocycles. The van der Waals surface area contributed by atoms with E-state index in [4.69, 9.17) is 11.6 Å². The van der Waals surface area contributed by atoms with Gasteiger partial charge in [-0.15, -0.1) is 0 Å². The zero-order valence-electron chi connectivity index (χ0n) is 19.9. The van der Waals surface area contributed by atoms with Gasteiger partial charge in [-0.25, -0.2) is 0 Å². The fraction of sp³-hybridized carbons (Fsp3) is 0.310. The van der Waals surface area contributed by atoms with Crippen molar-refractivity contribution in [3.8, 4) is 0 Å². The quantitative estimate of drug-likeness (QED) is 0.378. The molecule has 2 amide bonds. The number of nitrogens with zero attached hydrogens (tertiary/aromatic N) is 1. The van der Waals surface area contributed by atoms with E-state index in [9.17, 15) is 9.59 Å². The Morgan fingerprint density at radius 3 is 2.09 bits per heavy atom. The number of nitrogens with one attached hydrogen (secondary N) is 1. The third kappa shape index (κ3) is 7.46. The molecule has 0 fully saturated rings. The lowest BCUT2D eigenvalue weighted by atomic mass is 10.0. The summed E-state index contributed by atoms with van der Waals surface area (Å²) in [5.41, 5.74) is 2.94. The summed E-state index contributed by atoms with van der Waals surface area (Å²) in [6, 6.07) is 26.7. The van der Waals surface area contributed by atoms with Crippen LogP contribution in [0.1, 0.15) is 43.4 Å². The molecule has 0 unspecified atom stereocenters.